The van der Waals surface area contributed by atoms with E-state index in [1.807, 2.05) is 0 Å². The molecule has 0 heterocycles. The van der Waals surface area contributed by atoms with Gasteiger partial charge < -0.3 is 43.4 Å². The summed E-state index contributed by atoms with van der Waals surface area (Å²) >= 11 is 0. The van der Waals surface area contributed by atoms with Gasteiger partial charge in [-0.1, -0.05) is 366 Å². The molecule has 4 aliphatic carbocycles. The van der Waals surface area contributed by atoms with Crippen LogP contribution in [0.15, 0.2) is 0 Å². The molecule has 0 aromatic rings. The maximum atomic E-state index is 10.6. The maximum Gasteiger partial charge on any atom is 0.307 e. The lowest BCUT2D eigenvalue weighted by Crippen LogP contribution is -2.33. The molecule has 10 unspecified atom stereocenters. The molecule has 4 rings (SSSR count). The van der Waals surface area contributed by atoms with Crippen molar-refractivity contribution >= 4 is 23.9 Å². The van der Waals surface area contributed by atoms with E-state index in [1.54, 1.807) is 0 Å². The van der Waals surface area contributed by atoms with Gasteiger partial charge in [0.2, 0.25) is 0 Å². The molecule has 12 N–H and O–H groups in total. The molecule has 0 aliphatic heterocycles. The lowest BCUT2D eigenvalue weighted by atomic mass is 9.65. The number of unbranched alkanes of at least 4 members (excludes halogenated alkanes) is 28. The lowest BCUT2D eigenvalue weighted by molar-refractivity contribution is -0.160. The number of rotatable bonds is 47. The van der Waals surface area contributed by atoms with Gasteiger partial charge in [-0.25, -0.2) is 0 Å². The van der Waals surface area contributed by atoms with Crippen molar-refractivity contribution in [2.24, 2.45) is 104 Å². The topological polar surface area (TPSA) is 253 Å². The molecule has 12 nitrogen and oxygen atoms in total. The standard InChI is InChI=1S/4C20H41N.C8H10O8/c4*1-20(2,3)19-16-12-11-15-18(19)14-10-8-6-4-5-7-9-13-17-21;9-5(10)1-3(7(13)14)4(8(15)16)2-6(11)12/h4*18-19H,4-17,21H2,1-3H3;3-4H,1-2H2,(H,9,10)(H,11,12)(H,13,14)(H,15,16). The molecule has 100 heavy (non-hydrogen) atoms. The highest BCUT2D eigenvalue weighted by molar-refractivity contribution is 5.86. The van der Waals surface area contributed by atoms with Gasteiger partial charge in [-0.15, -0.1) is 0 Å². The average molecular weight is 1420 g/mol. The summed E-state index contributed by atoms with van der Waals surface area (Å²) in [4.78, 5) is 41.9. The first-order valence-electron chi connectivity index (χ1n) is 43.2. The molecule has 0 radical (unpaired) electrons. The Morgan fingerprint density at radius 2 is 0.410 bits per heavy atom. The molecular formula is C88H174N4O8. The number of hydrogen-bond donors (Lipinski definition) is 8. The predicted molar refractivity (Wildman–Crippen MR) is 429 cm³/mol. The Kier molecular flexibility index (Phi) is 58.4. The lowest BCUT2D eigenvalue weighted by Gasteiger charge is -2.40. The number of hydrogen-bond acceptors (Lipinski definition) is 8. The fourth-order valence-corrected chi connectivity index (χ4v) is 18.4. The summed E-state index contributed by atoms with van der Waals surface area (Å²) in [5.41, 5.74) is 24.2. The van der Waals surface area contributed by atoms with E-state index in [2.05, 4.69) is 83.1 Å². The van der Waals surface area contributed by atoms with Crippen LogP contribution in [0.25, 0.3) is 0 Å². The van der Waals surface area contributed by atoms with Crippen LogP contribution in [0.5, 0.6) is 0 Å². The van der Waals surface area contributed by atoms with Crippen molar-refractivity contribution in [2.45, 2.75) is 430 Å². The Hall–Kier alpha value is -2.28. The fourth-order valence-electron chi connectivity index (χ4n) is 18.4. The second kappa shape index (κ2) is 59.8. The Morgan fingerprint density at radius 1 is 0.260 bits per heavy atom. The van der Waals surface area contributed by atoms with Gasteiger partial charge in [0, 0.05) is 0 Å². The zero-order valence-electron chi connectivity index (χ0n) is 68.5. The van der Waals surface area contributed by atoms with Gasteiger partial charge in [-0.2, -0.15) is 0 Å². The van der Waals surface area contributed by atoms with Gasteiger partial charge >= 0.3 is 23.9 Å². The molecule has 12 heteroatoms. The normalized spacial score (nSPS) is 21.9. The smallest absolute Gasteiger partial charge is 0.307 e. The highest BCUT2D eigenvalue weighted by atomic mass is 16.4. The van der Waals surface area contributed by atoms with Crippen molar-refractivity contribution in [1.29, 1.82) is 0 Å². The predicted octanol–water partition coefficient (Wildman–Crippen LogP) is 24.6. The first-order chi connectivity index (χ1) is 47.5. The molecule has 0 amide bonds. The van der Waals surface area contributed by atoms with Crippen molar-refractivity contribution in [3.8, 4) is 0 Å². The Labute approximate surface area is 620 Å². The summed E-state index contributed by atoms with van der Waals surface area (Å²) in [6.45, 7) is 33.0. The molecule has 4 fully saturated rings. The quantitative estimate of drug-likeness (QED) is 0.0265. The van der Waals surface area contributed by atoms with Crippen molar-refractivity contribution < 1.29 is 39.6 Å². The fraction of sp³-hybridized carbons (Fsp3) is 0.955. The minimum Gasteiger partial charge on any atom is -0.481 e. The second-order valence-electron chi connectivity index (χ2n) is 36.8. The van der Waals surface area contributed by atoms with Gasteiger partial charge in [0.15, 0.2) is 0 Å². The first-order valence-corrected chi connectivity index (χ1v) is 43.2. The largest absolute Gasteiger partial charge is 0.481 e. The molecule has 0 bridgehead atoms. The second-order valence-corrected chi connectivity index (χ2v) is 36.8. The van der Waals surface area contributed by atoms with Crippen molar-refractivity contribution in [2.75, 3.05) is 26.2 Å². The van der Waals surface area contributed by atoms with E-state index in [1.165, 1.54) is 334 Å². The van der Waals surface area contributed by atoms with Crippen LogP contribution >= 0.6 is 0 Å². The Balaban J connectivity index is 0.00000123. The van der Waals surface area contributed by atoms with E-state index >= 15 is 0 Å². The number of nitrogens with two attached hydrogens (primary N) is 4. The van der Waals surface area contributed by atoms with Crippen LogP contribution in [0.3, 0.4) is 0 Å². The van der Waals surface area contributed by atoms with Crippen molar-refractivity contribution in [3.05, 3.63) is 0 Å². The van der Waals surface area contributed by atoms with E-state index in [4.69, 9.17) is 43.4 Å². The minimum atomic E-state index is -1.76. The third kappa shape index (κ3) is 51.0. The summed E-state index contributed by atoms with van der Waals surface area (Å²) in [7, 11) is 0. The zero-order chi connectivity index (χ0) is 75.1. The van der Waals surface area contributed by atoms with Crippen LogP contribution in [0.2, 0.25) is 0 Å². The van der Waals surface area contributed by atoms with Gasteiger partial charge in [0.05, 0.1) is 24.7 Å². The molecule has 10 atom stereocenters. The summed E-state index contributed by atoms with van der Waals surface area (Å²) < 4.78 is 0. The van der Waals surface area contributed by atoms with Crippen LogP contribution in [-0.2, 0) is 19.2 Å². The zero-order valence-corrected chi connectivity index (χ0v) is 68.5. The highest BCUT2D eigenvalue weighted by Gasteiger charge is 2.39. The molecule has 0 saturated heterocycles. The molecule has 4 aliphatic rings. The maximum absolute atomic E-state index is 10.6. The third-order valence-corrected chi connectivity index (χ3v) is 24.1. The SMILES string of the molecule is CC(C)(C)C1CCCCC1CCCCCCCCCCN.CC(C)(C)C1CCCCC1CCCCCCCCCCN.CC(C)(C)C1CCCCC1CCCCCCCCCCN.CC(C)(C)C1CCCCC1CCCCCCCCCCN.O=C(O)CC(C(=O)O)C(CC(=O)O)C(=O)O. The minimum absolute atomic E-state index is 0.522. The van der Waals surface area contributed by atoms with Gasteiger partial charge in [-0.05, 0) is 147 Å². The summed E-state index contributed by atoms with van der Waals surface area (Å²) in [5.74, 6) is -1.83. The van der Waals surface area contributed by atoms with Crippen molar-refractivity contribution in [3.63, 3.8) is 0 Å². The van der Waals surface area contributed by atoms with Crippen LogP contribution in [0.1, 0.15) is 430 Å². The Bertz CT molecular complexity index is 1700. The number of carbonyl (C=O) groups is 4. The first kappa shape index (κ1) is 97.7. The molecule has 4 saturated carbocycles. The van der Waals surface area contributed by atoms with E-state index in [-0.39, 0.29) is 0 Å². The van der Waals surface area contributed by atoms with E-state index in [9.17, 15) is 19.2 Å². The van der Waals surface area contributed by atoms with Crippen LogP contribution < -0.4 is 22.9 Å². The molecule has 0 aromatic carbocycles. The van der Waals surface area contributed by atoms with Crippen LogP contribution in [-0.4, -0.2) is 70.5 Å². The number of carboxylic acid groups (broad SMARTS) is 4. The summed E-state index contributed by atoms with van der Waals surface area (Å²) in [6.07, 6.45) is 72.7. The average Bonchev–Trinajstić information content (AvgIpc) is 0.875. The summed E-state index contributed by atoms with van der Waals surface area (Å²) in [6, 6.07) is 0. The summed E-state index contributed by atoms with van der Waals surface area (Å²) in [5, 5.41) is 34.1. The van der Waals surface area contributed by atoms with Gasteiger partial charge in [0.25, 0.3) is 0 Å². The molecule has 594 valence electrons. The number of carboxylic acids is 4. The van der Waals surface area contributed by atoms with Crippen LogP contribution in [0, 0.1) is 80.8 Å². The third-order valence-electron chi connectivity index (χ3n) is 24.1. The number of aliphatic carboxylic acids is 4. The van der Waals surface area contributed by atoms with E-state index in [0.29, 0.717) is 21.7 Å². The van der Waals surface area contributed by atoms with Crippen LogP contribution in [0.4, 0.5) is 0 Å². The van der Waals surface area contributed by atoms with Gasteiger partial charge in [-0.3, -0.25) is 19.2 Å². The Morgan fingerprint density at radius 3 is 0.550 bits per heavy atom. The van der Waals surface area contributed by atoms with Crippen molar-refractivity contribution in [1.82, 2.24) is 0 Å². The molecular weight excluding hydrogens is 1240 g/mol. The van der Waals surface area contributed by atoms with E-state index < -0.39 is 48.6 Å². The van der Waals surface area contributed by atoms with Gasteiger partial charge in [0.1, 0.15) is 0 Å². The molecule has 0 aromatic heterocycles. The monoisotopic (exact) mass is 1420 g/mol. The van der Waals surface area contributed by atoms with E-state index in [0.717, 1.165) is 73.5 Å². The molecule has 0 spiro atoms. The highest BCUT2D eigenvalue weighted by Crippen LogP contribution is 2.47.